The lowest BCUT2D eigenvalue weighted by molar-refractivity contribution is 0.487. The smallest absolute Gasteiger partial charge is 0.143 e. The van der Waals surface area contributed by atoms with E-state index in [2.05, 4.69) is 43.9 Å². The first-order chi connectivity index (χ1) is 16.7. The minimum atomic E-state index is -0.256. The Morgan fingerprint density at radius 3 is 2.50 bits per heavy atom. The van der Waals surface area contributed by atoms with E-state index in [1.165, 1.54) is 12.1 Å². The van der Waals surface area contributed by atoms with Crippen molar-refractivity contribution in [3.63, 3.8) is 0 Å². The summed E-state index contributed by atoms with van der Waals surface area (Å²) in [6, 6.07) is 18.9. The molecule has 1 saturated heterocycles. The Balaban J connectivity index is 1.23. The lowest BCUT2D eigenvalue weighted by Crippen LogP contribution is -2.33. The molecule has 170 valence electrons. The van der Waals surface area contributed by atoms with Gasteiger partial charge in [-0.25, -0.2) is 19.3 Å². The fraction of sp³-hybridized carbons (Fsp3) is 0.222. The summed E-state index contributed by atoms with van der Waals surface area (Å²) in [6.07, 6.45) is 3.58. The zero-order valence-electron chi connectivity index (χ0n) is 18.9. The van der Waals surface area contributed by atoms with E-state index in [-0.39, 0.29) is 5.82 Å². The van der Waals surface area contributed by atoms with Crippen molar-refractivity contribution in [1.82, 2.24) is 24.9 Å². The summed E-state index contributed by atoms with van der Waals surface area (Å²) in [4.78, 5) is 23.1. The van der Waals surface area contributed by atoms with Crippen LogP contribution in [0, 0.1) is 12.7 Å². The van der Waals surface area contributed by atoms with E-state index in [4.69, 9.17) is 4.98 Å². The number of nitrogens with zero attached hydrogens (tertiary/aromatic N) is 4. The largest absolute Gasteiger partial charge is 0.356 e. The fourth-order valence-electron chi connectivity index (χ4n) is 4.91. The quantitative estimate of drug-likeness (QED) is 0.359. The number of aromatic nitrogens is 5. The minimum absolute atomic E-state index is 0.256. The maximum Gasteiger partial charge on any atom is 0.143 e. The van der Waals surface area contributed by atoms with Gasteiger partial charge in [0.2, 0.25) is 0 Å². The highest BCUT2D eigenvalue weighted by Crippen LogP contribution is 2.34. The number of piperidine rings is 1. The van der Waals surface area contributed by atoms with Crippen LogP contribution in [-0.4, -0.2) is 38.0 Å². The Kier molecular flexibility index (Phi) is 5.09. The lowest BCUT2D eigenvalue weighted by atomic mass is 9.96. The number of nitrogens with one attached hydrogen (secondary N) is 2. The van der Waals surface area contributed by atoms with Crippen molar-refractivity contribution < 1.29 is 4.39 Å². The predicted octanol–water partition coefficient (Wildman–Crippen LogP) is 5.85. The molecule has 0 radical (unpaired) electrons. The van der Waals surface area contributed by atoms with Crippen LogP contribution in [0.15, 0.2) is 67.0 Å². The number of H-pyrrole nitrogens is 2. The molecule has 0 aliphatic carbocycles. The van der Waals surface area contributed by atoms with Gasteiger partial charge in [-0.3, -0.25) is 0 Å². The Morgan fingerprint density at radius 1 is 0.912 bits per heavy atom. The number of aromatic amines is 2. The fourth-order valence-corrected chi connectivity index (χ4v) is 4.91. The van der Waals surface area contributed by atoms with Gasteiger partial charge in [0.05, 0.1) is 11.1 Å². The van der Waals surface area contributed by atoms with Crippen molar-refractivity contribution in [1.29, 1.82) is 0 Å². The normalized spacial score (nSPS) is 14.7. The van der Waals surface area contributed by atoms with Crippen LogP contribution in [-0.2, 0) is 0 Å². The van der Waals surface area contributed by atoms with Gasteiger partial charge in [-0.2, -0.15) is 0 Å². The number of fused-ring (bicyclic) bond motifs is 1. The van der Waals surface area contributed by atoms with Gasteiger partial charge in [0.15, 0.2) is 0 Å². The van der Waals surface area contributed by atoms with Crippen molar-refractivity contribution in [2.75, 3.05) is 18.0 Å². The molecule has 4 heterocycles. The van der Waals surface area contributed by atoms with E-state index in [9.17, 15) is 4.39 Å². The Bertz CT molecular complexity index is 1450. The molecule has 7 heteroatoms. The van der Waals surface area contributed by atoms with E-state index in [0.29, 0.717) is 5.92 Å². The van der Waals surface area contributed by atoms with Crippen LogP contribution in [0.25, 0.3) is 33.5 Å². The average Bonchev–Trinajstić information content (AvgIpc) is 3.48. The summed E-state index contributed by atoms with van der Waals surface area (Å²) >= 11 is 0. The topological polar surface area (TPSA) is 73.5 Å². The Hall–Kier alpha value is -4.00. The molecule has 5 aromatic rings. The van der Waals surface area contributed by atoms with Crippen molar-refractivity contribution in [2.24, 2.45) is 0 Å². The molecule has 1 aliphatic heterocycles. The summed E-state index contributed by atoms with van der Waals surface area (Å²) in [5, 5.41) is 0.959. The third kappa shape index (κ3) is 3.73. The van der Waals surface area contributed by atoms with E-state index >= 15 is 0 Å². The maximum atomic E-state index is 13.7. The Labute approximate surface area is 196 Å². The van der Waals surface area contributed by atoms with Gasteiger partial charge in [-0.15, -0.1) is 0 Å². The highest BCUT2D eigenvalue weighted by Gasteiger charge is 2.26. The molecule has 0 amide bonds. The molecular formula is C27H25FN6. The van der Waals surface area contributed by atoms with Crippen LogP contribution >= 0.6 is 0 Å². The molecule has 0 bridgehead atoms. The van der Waals surface area contributed by atoms with E-state index < -0.39 is 0 Å². The molecule has 6 rings (SSSR count). The molecule has 0 atom stereocenters. The van der Waals surface area contributed by atoms with Gasteiger partial charge >= 0.3 is 0 Å². The van der Waals surface area contributed by atoms with Crippen LogP contribution in [0.1, 0.15) is 30.3 Å². The first kappa shape index (κ1) is 20.6. The number of halogens is 1. The number of hydrogen-bond acceptors (Lipinski definition) is 4. The van der Waals surface area contributed by atoms with Crippen molar-refractivity contribution >= 4 is 16.9 Å². The van der Waals surface area contributed by atoms with Crippen LogP contribution in [0.5, 0.6) is 0 Å². The van der Waals surface area contributed by atoms with Crippen LogP contribution in [0.4, 0.5) is 10.2 Å². The van der Waals surface area contributed by atoms with Crippen molar-refractivity contribution in [2.45, 2.75) is 25.7 Å². The summed E-state index contributed by atoms with van der Waals surface area (Å²) in [7, 11) is 0. The van der Waals surface area contributed by atoms with Gasteiger partial charge in [0.1, 0.15) is 29.4 Å². The highest BCUT2D eigenvalue weighted by molar-refractivity contribution is 5.92. The summed E-state index contributed by atoms with van der Waals surface area (Å²) < 4.78 is 13.7. The highest BCUT2D eigenvalue weighted by atomic mass is 19.1. The molecule has 0 unspecified atom stereocenters. The summed E-state index contributed by atoms with van der Waals surface area (Å²) in [5.74, 6) is 2.12. The number of rotatable bonds is 4. The number of hydrogen-bond donors (Lipinski definition) is 2. The standard InChI is InChI=1S/C27H25FN6/c1-17-24(18-6-3-2-4-7-18)33-25(31-17)19-10-12-34(13-11-19)27-22-15-23(32-26(22)29-16-30-27)20-8-5-9-21(28)14-20/h2-9,14-16,19H,10-13H2,1H3,(H,31,33)(H,29,30,32). The number of imidazole rings is 1. The van der Waals surface area contributed by atoms with E-state index in [0.717, 1.165) is 76.8 Å². The molecule has 6 nitrogen and oxygen atoms in total. The van der Waals surface area contributed by atoms with Crippen LogP contribution < -0.4 is 4.90 Å². The van der Waals surface area contributed by atoms with E-state index in [1.54, 1.807) is 12.4 Å². The molecular weight excluding hydrogens is 427 g/mol. The number of anilines is 1. The molecule has 0 spiro atoms. The second-order valence-corrected chi connectivity index (χ2v) is 8.88. The third-order valence-corrected chi connectivity index (χ3v) is 6.67. The van der Waals surface area contributed by atoms with Crippen LogP contribution in [0.2, 0.25) is 0 Å². The zero-order valence-corrected chi connectivity index (χ0v) is 18.9. The first-order valence-corrected chi connectivity index (χ1v) is 11.6. The molecule has 34 heavy (non-hydrogen) atoms. The third-order valence-electron chi connectivity index (χ3n) is 6.67. The van der Waals surface area contributed by atoms with Crippen molar-refractivity contribution in [3.05, 3.63) is 84.3 Å². The molecule has 1 aliphatic rings. The maximum absolute atomic E-state index is 13.7. The minimum Gasteiger partial charge on any atom is -0.356 e. The number of benzene rings is 2. The van der Waals surface area contributed by atoms with Gasteiger partial charge < -0.3 is 14.9 Å². The molecule has 2 aromatic carbocycles. The Morgan fingerprint density at radius 2 is 1.71 bits per heavy atom. The summed E-state index contributed by atoms with van der Waals surface area (Å²) in [6.45, 7) is 3.86. The van der Waals surface area contributed by atoms with Crippen LogP contribution in [0.3, 0.4) is 0 Å². The zero-order chi connectivity index (χ0) is 23.1. The second kappa shape index (κ2) is 8.41. The molecule has 1 fully saturated rings. The van der Waals surface area contributed by atoms with E-state index in [1.807, 2.05) is 30.3 Å². The van der Waals surface area contributed by atoms with Gasteiger partial charge in [-0.05, 0) is 38.0 Å². The van der Waals surface area contributed by atoms with Crippen molar-refractivity contribution in [3.8, 4) is 22.5 Å². The first-order valence-electron chi connectivity index (χ1n) is 11.6. The van der Waals surface area contributed by atoms with Gasteiger partial charge in [0.25, 0.3) is 0 Å². The predicted molar refractivity (Wildman–Crippen MR) is 132 cm³/mol. The van der Waals surface area contributed by atoms with Gasteiger partial charge in [0, 0.05) is 41.5 Å². The lowest BCUT2D eigenvalue weighted by Gasteiger charge is -2.32. The SMILES string of the molecule is Cc1[nH]c(C2CCN(c3ncnc4[nH]c(-c5cccc(F)c5)cc34)CC2)nc1-c1ccccc1. The van der Waals surface area contributed by atoms with Gasteiger partial charge in [-0.1, -0.05) is 42.5 Å². The molecule has 2 N–H and O–H groups in total. The summed E-state index contributed by atoms with van der Waals surface area (Å²) in [5.41, 5.74) is 5.69. The second-order valence-electron chi connectivity index (χ2n) is 8.88. The molecule has 0 saturated carbocycles. The molecule has 3 aromatic heterocycles. The monoisotopic (exact) mass is 452 g/mol. The average molecular weight is 453 g/mol. The number of aryl methyl sites for hydroxylation is 1.